The van der Waals surface area contributed by atoms with E-state index in [0.29, 0.717) is 19.4 Å². The number of hydrogen-bond acceptors (Lipinski definition) is 6. The molecule has 140 valence electrons. The maximum Gasteiger partial charge on any atom is 0.326 e. The lowest BCUT2D eigenvalue weighted by atomic mass is 9.99. The van der Waals surface area contributed by atoms with E-state index in [-0.39, 0.29) is 18.1 Å². The number of carbonyl (C=O) groups excluding carboxylic acids is 2. The monoisotopic (exact) mass is 362 g/mol. The maximum absolute atomic E-state index is 12.2. The number of carbonyl (C=O) groups is 3. The molecular weight excluding hydrogens is 332 g/mol. The van der Waals surface area contributed by atoms with E-state index >= 15 is 0 Å². The van der Waals surface area contributed by atoms with Crippen molar-refractivity contribution in [1.82, 2.24) is 10.6 Å². The van der Waals surface area contributed by atoms with E-state index in [4.69, 9.17) is 11.5 Å². The van der Waals surface area contributed by atoms with Gasteiger partial charge in [-0.3, -0.25) is 9.59 Å². The van der Waals surface area contributed by atoms with E-state index in [9.17, 15) is 19.5 Å². The van der Waals surface area contributed by atoms with Gasteiger partial charge in [0.05, 0.1) is 6.04 Å². The van der Waals surface area contributed by atoms with Gasteiger partial charge >= 0.3 is 5.97 Å². The van der Waals surface area contributed by atoms with Gasteiger partial charge in [-0.1, -0.05) is 20.3 Å². The normalized spacial score (nSPS) is 15.9. The lowest BCUT2D eigenvalue weighted by molar-refractivity contribution is -0.142. The van der Waals surface area contributed by atoms with E-state index < -0.39 is 35.9 Å². The van der Waals surface area contributed by atoms with Gasteiger partial charge in [0.15, 0.2) is 0 Å². The molecule has 0 aliphatic rings. The summed E-state index contributed by atoms with van der Waals surface area (Å²) in [5, 5.41) is 14.1. The lowest BCUT2D eigenvalue weighted by Gasteiger charge is -2.23. The minimum atomic E-state index is -1.12. The van der Waals surface area contributed by atoms with Crippen LogP contribution in [-0.4, -0.2) is 53.3 Å². The van der Waals surface area contributed by atoms with Crippen LogP contribution in [0, 0.1) is 5.92 Å². The van der Waals surface area contributed by atoms with Crippen molar-refractivity contribution in [1.29, 1.82) is 0 Å². The lowest BCUT2D eigenvalue weighted by Crippen LogP contribution is -2.56. The molecule has 24 heavy (non-hydrogen) atoms. The Labute approximate surface area is 148 Å². The van der Waals surface area contributed by atoms with Crippen molar-refractivity contribution in [2.45, 2.75) is 57.7 Å². The van der Waals surface area contributed by atoms with Crippen LogP contribution in [-0.2, 0) is 14.4 Å². The summed E-state index contributed by atoms with van der Waals surface area (Å²) < 4.78 is 0. The minimum absolute atomic E-state index is 0.0309. The first-order valence-electron chi connectivity index (χ1n) is 8.18. The van der Waals surface area contributed by atoms with Crippen molar-refractivity contribution in [3.8, 4) is 0 Å². The summed E-state index contributed by atoms with van der Waals surface area (Å²) in [6.07, 6.45) is 2.27. The number of nitrogens with one attached hydrogen (secondary N) is 2. The quantitative estimate of drug-likeness (QED) is 0.203. The Hall–Kier alpha value is -1.32. The fraction of sp³-hybridized carbons (Fsp3) is 0.800. The van der Waals surface area contributed by atoms with Crippen LogP contribution in [0.1, 0.15) is 39.5 Å². The van der Waals surface area contributed by atoms with Crippen molar-refractivity contribution in [3.05, 3.63) is 0 Å². The molecule has 0 aromatic heterocycles. The third kappa shape index (κ3) is 7.98. The average Bonchev–Trinajstić information content (AvgIpc) is 2.56. The van der Waals surface area contributed by atoms with Gasteiger partial charge in [0.2, 0.25) is 11.8 Å². The molecule has 0 radical (unpaired) electrons. The molecule has 4 atom stereocenters. The molecule has 4 unspecified atom stereocenters. The second-order valence-electron chi connectivity index (χ2n) is 5.84. The van der Waals surface area contributed by atoms with Gasteiger partial charge in [0.25, 0.3) is 0 Å². The van der Waals surface area contributed by atoms with Crippen molar-refractivity contribution in [2.75, 3.05) is 12.3 Å². The zero-order valence-electron chi connectivity index (χ0n) is 14.3. The zero-order valence-corrected chi connectivity index (χ0v) is 15.2. The second-order valence-corrected chi connectivity index (χ2v) is 6.20. The molecule has 8 nitrogen and oxygen atoms in total. The topological polar surface area (TPSA) is 148 Å². The van der Waals surface area contributed by atoms with Crippen LogP contribution in [0.15, 0.2) is 0 Å². The second kappa shape index (κ2) is 12.1. The summed E-state index contributed by atoms with van der Waals surface area (Å²) in [7, 11) is 0. The number of rotatable bonds is 12. The van der Waals surface area contributed by atoms with Crippen molar-refractivity contribution >= 4 is 30.4 Å². The fourth-order valence-electron chi connectivity index (χ4n) is 2.00. The minimum Gasteiger partial charge on any atom is -0.480 e. The molecule has 0 aliphatic carbocycles. The Kier molecular flexibility index (Phi) is 11.4. The van der Waals surface area contributed by atoms with Gasteiger partial charge < -0.3 is 27.2 Å². The number of amides is 2. The van der Waals surface area contributed by atoms with E-state index in [1.54, 1.807) is 0 Å². The number of nitrogens with two attached hydrogens (primary N) is 2. The molecule has 9 heteroatoms. The molecule has 0 heterocycles. The predicted molar refractivity (Wildman–Crippen MR) is 95.7 cm³/mol. The largest absolute Gasteiger partial charge is 0.480 e. The first-order valence-corrected chi connectivity index (χ1v) is 8.81. The van der Waals surface area contributed by atoms with Gasteiger partial charge in [-0.05, 0) is 31.7 Å². The van der Waals surface area contributed by atoms with Crippen LogP contribution < -0.4 is 22.1 Å². The standard InChI is InChI=1S/C15H30N4O4S/c1-3-9(2)12(17)14(21)19-11(8-24)13(20)18-10(15(22)23)6-4-5-7-16/h9-12,24H,3-8,16-17H2,1-2H3,(H,18,20)(H,19,21)(H,22,23). The van der Waals surface area contributed by atoms with Gasteiger partial charge in [0.1, 0.15) is 12.1 Å². The summed E-state index contributed by atoms with van der Waals surface area (Å²) >= 11 is 4.05. The summed E-state index contributed by atoms with van der Waals surface area (Å²) in [5.41, 5.74) is 11.2. The van der Waals surface area contributed by atoms with E-state index in [1.165, 1.54) is 0 Å². The molecule has 0 aliphatic heterocycles. The highest BCUT2D eigenvalue weighted by Crippen LogP contribution is 2.06. The Morgan fingerprint density at radius 1 is 1.12 bits per heavy atom. The smallest absolute Gasteiger partial charge is 0.326 e. The maximum atomic E-state index is 12.2. The summed E-state index contributed by atoms with van der Waals surface area (Å²) in [4.78, 5) is 35.5. The van der Waals surface area contributed by atoms with Gasteiger partial charge in [-0.15, -0.1) is 0 Å². The third-order valence-electron chi connectivity index (χ3n) is 3.94. The number of carboxylic acids is 1. The number of hydrogen-bond donors (Lipinski definition) is 6. The SMILES string of the molecule is CCC(C)C(N)C(=O)NC(CS)C(=O)NC(CCCCN)C(=O)O. The summed E-state index contributed by atoms with van der Waals surface area (Å²) in [6.45, 7) is 4.22. The molecule has 7 N–H and O–H groups in total. The van der Waals surface area contributed by atoms with Crippen LogP contribution in [0.25, 0.3) is 0 Å². The fourth-order valence-corrected chi connectivity index (χ4v) is 2.25. The zero-order chi connectivity index (χ0) is 18.7. The van der Waals surface area contributed by atoms with Crippen LogP contribution in [0.4, 0.5) is 0 Å². The van der Waals surface area contributed by atoms with Crippen LogP contribution in [0.5, 0.6) is 0 Å². The summed E-state index contributed by atoms with van der Waals surface area (Å²) in [6, 6.07) is -2.69. The molecule has 0 fully saturated rings. The van der Waals surface area contributed by atoms with E-state index in [2.05, 4.69) is 23.3 Å². The van der Waals surface area contributed by atoms with Gasteiger partial charge in [0, 0.05) is 5.75 Å². The third-order valence-corrected chi connectivity index (χ3v) is 4.30. The molecule has 0 rings (SSSR count). The molecular formula is C15H30N4O4S. The first kappa shape index (κ1) is 22.7. The Morgan fingerprint density at radius 2 is 1.71 bits per heavy atom. The Morgan fingerprint density at radius 3 is 2.17 bits per heavy atom. The Balaban J connectivity index is 4.71. The van der Waals surface area contributed by atoms with Crippen molar-refractivity contribution < 1.29 is 19.5 Å². The van der Waals surface area contributed by atoms with Crippen molar-refractivity contribution in [3.63, 3.8) is 0 Å². The molecule has 0 spiro atoms. The number of unbranched alkanes of at least 4 members (excludes halogenated alkanes) is 1. The molecule has 0 saturated heterocycles. The number of aliphatic carboxylic acids is 1. The average molecular weight is 362 g/mol. The van der Waals surface area contributed by atoms with Gasteiger partial charge in [-0.2, -0.15) is 12.6 Å². The van der Waals surface area contributed by atoms with Crippen LogP contribution >= 0.6 is 12.6 Å². The molecule has 0 aromatic rings. The molecule has 2 amide bonds. The Bertz CT molecular complexity index is 422. The highest BCUT2D eigenvalue weighted by molar-refractivity contribution is 7.80. The highest BCUT2D eigenvalue weighted by atomic mass is 32.1. The van der Waals surface area contributed by atoms with E-state index in [1.807, 2.05) is 13.8 Å². The first-order chi connectivity index (χ1) is 11.3. The highest BCUT2D eigenvalue weighted by Gasteiger charge is 2.28. The summed E-state index contributed by atoms with van der Waals surface area (Å²) in [5.74, 6) is -2.15. The van der Waals surface area contributed by atoms with Gasteiger partial charge in [-0.25, -0.2) is 4.79 Å². The molecule has 0 saturated carbocycles. The van der Waals surface area contributed by atoms with Crippen LogP contribution in [0.3, 0.4) is 0 Å². The molecule has 0 aromatic carbocycles. The van der Waals surface area contributed by atoms with E-state index in [0.717, 1.165) is 6.42 Å². The van der Waals surface area contributed by atoms with Crippen molar-refractivity contribution in [2.24, 2.45) is 17.4 Å². The molecule has 0 bridgehead atoms. The predicted octanol–water partition coefficient (Wildman–Crippen LogP) is -0.527. The number of carboxylic acid groups (broad SMARTS) is 1. The number of thiol groups is 1. The van der Waals surface area contributed by atoms with Crippen LogP contribution in [0.2, 0.25) is 0 Å².